The van der Waals surface area contributed by atoms with Gasteiger partial charge in [-0.2, -0.15) is 4.99 Å². The second-order valence-corrected chi connectivity index (χ2v) is 5.87. The predicted octanol–water partition coefficient (Wildman–Crippen LogP) is 1.28. The molecule has 3 heterocycles. The van der Waals surface area contributed by atoms with Gasteiger partial charge in [-0.25, -0.2) is 4.99 Å². The Morgan fingerprint density at radius 1 is 1.35 bits per heavy atom. The summed E-state index contributed by atoms with van der Waals surface area (Å²) in [7, 11) is 0. The van der Waals surface area contributed by atoms with Crippen LogP contribution in [0, 0.1) is 11.8 Å². The molecule has 0 aromatic carbocycles. The normalized spacial score (nSPS) is 27.7. The van der Waals surface area contributed by atoms with E-state index in [1.165, 1.54) is 0 Å². The van der Waals surface area contributed by atoms with Crippen molar-refractivity contribution in [3.8, 4) is 11.8 Å². The Morgan fingerprint density at radius 3 is 2.91 bits per heavy atom. The highest BCUT2D eigenvalue weighted by Gasteiger charge is 2.40. The average Bonchev–Trinajstić information content (AvgIpc) is 3.23. The number of fused-ring (bicyclic) bond motifs is 1. The van der Waals surface area contributed by atoms with E-state index in [9.17, 15) is 5.11 Å². The SMILES string of the molecule is N[N+]12C=C(C#CC3(O)CCCC3)N=CC1=NC(c1ccco1)=N2. The third-order valence-corrected chi connectivity index (χ3v) is 4.08. The van der Waals surface area contributed by atoms with E-state index in [-0.39, 0.29) is 4.70 Å². The molecule has 0 radical (unpaired) electrons. The Labute approximate surface area is 133 Å². The molecule has 116 valence electrons. The van der Waals surface area contributed by atoms with Crippen molar-refractivity contribution in [1.82, 2.24) is 0 Å². The van der Waals surface area contributed by atoms with E-state index in [4.69, 9.17) is 10.3 Å². The van der Waals surface area contributed by atoms with Gasteiger partial charge in [0.1, 0.15) is 11.8 Å². The van der Waals surface area contributed by atoms with Crippen LogP contribution in [-0.2, 0) is 0 Å². The van der Waals surface area contributed by atoms with Gasteiger partial charge in [-0.15, -0.1) is 5.84 Å². The van der Waals surface area contributed by atoms with E-state index in [2.05, 4.69) is 26.9 Å². The van der Waals surface area contributed by atoms with Crippen molar-refractivity contribution >= 4 is 17.9 Å². The van der Waals surface area contributed by atoms with Crippen molar-refractivity contribution in [2.75, 3.05) is 0 Å². The summed E-state index contributed by atoms with van der Waals surface area (Å²) in [4.78, 5) is 8.58. The summed E-state index contributed by atoms with van der Waals surface area (Å²) >= 11 is 0. The number of aliphatic imine (C=N–C) groups is 2. The molecule has 3 aliphatic rings. The van der Waals surface area contributed by atoms with Gasteiger partial charge in [-0.1, -0.05) is 5.92 Å². The molecule has 1 aromatic heterocycles. The first-order valence-corrected chi connectivity index (χ1v) is 7.50. The van der Waals surface area contributed by atoms with Crippen LogP contribution >= 0.6 is 0 Å². The second-order valence-electron chi connectivity index (χ2n) is 5.87. The van der Waals surface area contributed by atoms with Crippen LogP contribution in [-0.4, -0.2) is 33.3 Å². The average molecular weight is 310 g/mol. The van der Waals surface area contributed by atoms with Crippen LogP contribution in [0.15, 0.2) is 49.8 Å². The summed E-state index contributed by atoms with van der Waals surface area (Å²) in [6, 6.07) is 3.53. The van der Waals surface area contributed by atoms with Crippen molar-refractivity contribution in [1.29, 1.82) is 0 Å². The number of nitrogens with two attached hydrogens (primary N) is 1. The number of allylic oxidation sites excluding steroid dienone is 1. The minimum atomic E-state index is -0.905. The van der Waals surface area contributed by atoms with Crippen LogP contribution in [0.3, 0.4) is 0 Å². The van der Waals surface area contributed by atoms with Crippen LogP contribution < -0.4 is 5.84 Å². The molecule has 0 bridgehead atoms. The summed E-state index contributed by atoms with van der Waals surface area (Å²) in [5, 5.41) is 14.7. The minimum absolute atomic E-state index is 0.345. The highest BCUT2D eigenvalue weighted by molar-refractivity contribution is 6.31. The molecule has 1 fully saturated rings. The highest BCUT2D eigenvalue weighted by Crippen LogP contribution is 2.29. The van der Waals surface area contributed by atoms with Gasteiger partial charge >= 0.3 is 0 Å². The van der Waals surface area contributed by atoms with Crippen molar-refractivity contribution in [3.63, 3.8) is 0 Å². The van der Waals surface area contributed by atoms with Crippen LogP contribution in [0.1, 0.15) is 31.4 Å². The fourth-order valence-corrected chi connectivity index (χ4v) is 2.82. The standard InChI is InChI=1S/C16H16N5O2/c17-21-11-12(5-8-16(22)6-1-2-7-16)18-10-14(21)19-15(20-21)13-4-3-9-23-13/h3-4,9-11,22H,1-2,6-7,17H2/q+1. The number of hydrogen-bond acceptors (Lipinski definition) is 6. The van der Waals surface area contributed by atoms with Gasteiger partial charge in [-0.3, -0.25) is 0 Å². The number of rotatable bonds is 1. The predicted molar refractivity (Wildman–Crippen MR) is 84.9 cm³/mol. The zero-order chi connectivity index (χ0) is 15.9. The lowest BCUT2D eigenvalue weighted by molar-refractivity contribution is -0.803. The zero-order valence-corrected chi connectivity index (χ0v) is 12.4. The Morgan fingerprint density at radius 2 is 2.17 bits per heavy atom. The van der Waals surface area contributed by atoms with Gasteiger partial charge in [0.2, 0.25) is 0 Å². The van der Waals surface area contributed by atoms with Gasteiger partial charge in [0.15, 0.2) is 17.7 Å². The molecule has 7 heteroatoms. The van der Waals surface area contributed by atoms with E-state index in [0.717, 1.165) is 12.8 Å². The quantitative estimate of drug-likeness (QED) is 0.464. The molecule has 1 atom stereocenters. The molecule has 1 aliphatic carbocycles. The van der Waals surface area contributed by atoms with Gasteiger partial charge in [0, 0.05) is 0 Å². The number of hydrogen-bond donors (Lipinski definition) is 2. The van der Waals surface area contributed by atoms with Crippen LogP contribution in [0.25, 0.3) is 0 Å². The molecular weight excluding hydrogens is 294 g/mol. The molecule has 1 aromatic rings. The third kappa shape index (κ3) is 2.53. The summed E-state index contributed by atoms with van der Waals surface area (Å²) < 4.78 is 4.95. The Balaban J connectivity index is 1.63. The number of furan rings is 1. The maximum absolute atomic E-state index is 10.3. The van der Waals surface area contributed by atoms with E-state index < -0.39 is 5.60 Å². The monoisotopic (exact) mass is 310 g/mol. The fourth-order valence-electron chi connectivity index (χ4n) is 2.82. The molecule has 23 heavy (non-hydrogen) atoms. The molecule has 2 aliphatic heterocycles. The molecule has 0 amide bonds. The first-order chi connectivity index (χ1) is 11.1. The topological polar surface area (TPSA) is 96.5 Å². The summed E-state index contributed by atoms with van der Waals surface area (Å²) in [6.07, 6.45) is 8.11. The Bertz CT molecular complexity index is 816. The lowest BCUT2D eigenvalue weighted by Gasteiger charge is -2.18. The summed E-state index contributed by atoms with van der Waals surface area (Å²) in [6.45, 7) is 0. The summed E-state index contributed by atoms with van der Waals surface area (Å²) in [5.41, 5.74) is -0.436. The Kier molecular flexibility index (Phi) is 3.06. The van der Waals surface area contributed by atoms with Crippen LogP contribution in [0.4, 0.5) is 0 Å². The first kappa shape index (κ1) is 14.1. The maximum Gasteiger partial charge on any atom is 0.300 e. The zero-order valence-electron chi connectivity index (χ0n) is 12.4. The van der Waals surface area contributed by atoms with Gasteiger partial charge in [0.25, 0.3) is 11.7 Å². The van der Waals surface area contributed by atoms with Crippen molar-refractivity contribution in [2.45, 2.75) is 31.3 Å². The third-order valence-electron chi connectivity index (χ3n) is 4.08. The van der Waals surface area contributed by atoms with Gasteiger partial charge < -0.3 is 9.52 Å². The molecule has 1 saturated carbocycles. The highest BCUT2D eigenvalue weighted by atomic mass is 16.3. The fraction of sp³-hybridized carbons (Fsp3) is 0.312. The summed E-state index contributed by atoms with van der Waals surface area (Å²) in [5.74, 6) is 13.5. The number of quaternary nitrogens is 1. The maximum atomic E-state index is 10.3. The minimum Gasteiger partial charge on any atom is -0.461 e. The van der Waals surface area contributed by atoms with Crippen molar-refractivity contribution in [3.05, 3.63) is 36.1 Å². The van der Waals surface area contributed by atoms with Crippen molar-refractivity contribution in [2.24, 2.45) is 20.9 Å². The molecular formula is C16H16N5O2+. The number of nitrogens with zero attached hydrogens (tertiary/aromatic N) is 4. The number of amidine groups is 2. The lowest BCUT2D eigenvalue weighted by atomic mass is 10.0. The van der Waals surface area contributed by atoms with E-state index in [1.807, 2.05) is 0 Å². The molecule has 0 spiro atoms. The number of aliphatic hydroxyl groups is 1. The van der Waals surface area contributed by atoms with E-state index >= 15 is 0 Å². The smallest absolute Gasteiger partial charge is 0.300 e. The van der Waals surface area contributed by atoms with Gasteiger partial charge in [-0.05, 0) is 53.5 Å². The largest absolute Gasteiger partial charge is 0.461 e. The van der Waals surface area contributed by atoms with Gasteiger partial charge in [0.05, 0.1) is 6.26 Å². The molecule has 1 unspecified atom stereocenters. The molecule has 0 saturated heterocycles. The molecule has 7 nitrogen and oxygen atoms in total. The van der Waals surface area contributed by atoms with Crippen LogP contribution in [0.2, 0.25) is 0 Å². The van der Waals surface area contributed by atoms with E-state index in [0.29, 0.717) is 36.0 Å². The van der Waals surface area contributed by atoms with Crippen LogP contribution in [0.5, 0.6) is 0 Å². The molecule has 4 rings (SSSR count). The Hall–Kier alpha value is -2.53. The second kappa shape index (κ2) is 4.99. The lowest BCUT2D eigenvalue weighted by Crippen LogP contribution is -2.50. The molecule has 3 N–H and O–H groups in total. The van der Waals surface area contributed by atoms with Crippen molar-refractivity contribution < 1.29 is 14.2 Å². The first-order valence-electron chi connectivity index (χ1n) is 7.50. The van der Waals surface area contributed by atoms with E-state index in [1.54, 1.807) is 30.8 Å².